The zero-order valence-electron chi connectivity index (χ0n) is 14.9. The van der Waals surface area contributed by atoms with Gasteiger partial charge in [-0.3, -0.25) is 4.79 Å². The number of halogens is 3. The molecule has 0 atom stereocenters. The SMILES string of the molecule is O=C(CCCS(=O)(=O)c1ccc(F)cc1)Nc1nc(-c2cc(Cl)ccc2Cl)cs1. The maximum atomic E-state index is 12.9. The maximum Gasteiger partial charge on any atom is 0.226 e. The van der Waals surface area contributed by atoms with E-state index in [0.29, 0.717) is 26.4 Å². The summed E-state index contributed by atoms with van der Waals surface area (Å²) < 4.78 is 37.4. The summed E-state index contributed by atoms with van der Waals surface area (Å²) in [5.41, 5.74) is 1.23. The van der Waals surface area contributed by atoms with Gasteiger partial charge in [-0.1, -0.05) is 23.2 Å². The van der Waals surface area contributed by atoms with Crippen LogP contribution in [0.25, 0.3) is 11.3 Å². The fourth-order valence-corrected chi connectivity index (χ4v) is 4.94. The molecular weight excluding hydrogens is 458 g/mol. The van der Waals surface area contributed by atoms with Crippen LogP contribution in [-0.4, -0.2) is 25.1 Å². The van der Waals surface area contributed by atoms with E-state index in [0.717, 1.165) is 12.1 Å². The highest BCUT2D eigenvalue weighted by Gasteiger charge is 2.16. The number of carbonyl (C=O) groups excluding carboxylic acids is 1. The Bertz CT molecular complexity index is 1130. The van der Waals surface area contributed by atoms with Crippen molar-refractivity contribution >= 4 is 55.4 Å². The molecule has 1 amide bonds. The Hall–Kier alpha value is -2.00. The van der Waals surface area contributed by atoms with Gasteiger partial charge in [0.1, 0.15) is 5.82 Å². The van der Waals surface area contributed by atoms with Crippen LogP contribution < -0.4 is 5.32 Å². The van der Waals surface area contributed by atoms with E-state index in [4.69, 9.17) is 23.2 Å². The largest absolute Gasteiger partial charge is 0.302 e. The third kappa shape index (κ3) is 5.76. The number of aromatic nitrogens is 1. The van der Waals surface area contributed by atoms with Crippen LogP contribution in [0.4, 0.5) is 9.52 Å². The molecular formula is C19H15Cl2FN2O3S2. The second kappa shape index (κ2) is 9.21. The highest BCUT2D eigenvalue weighted by atomic mass is 35.5. The number of nitrogens with one attached hydrogen (secondary N) is 1. The Morgan fingerprint density at radius 2 is 1.86 bits per heavy atom. The highest BCUT2D eigenvalue weighted by Crippen LogP contribution is 2.32. The lowest BCUT2D eigenvalue weighted by Crippen LogP contribution is -2.14. The van der Waals surface area contributed by atoms with E-state index in [9.17, 15) is 17.6 Å². The lowest BCUT2D eigenvalue weighted by molar-refractivity contribution is -0.116. The average Bonchev–Trinajstić information content (AvgIpc) is 3.12. The van der Waals surface area contributed by atoms with Crippen LogP contribution in [0, 0.1) is 5.82 Å². The van der Waals surface area contributed by atoms with Gasteiger partial charge in [-0.05, 0) is 48.9 Å². The number of amides is 1. The van der Waals surface area contributed by atoms with Crippen molar-refractivity contribution in [3.63, 3.8) is 0 Å². The van der Waals surface area contributed by atoms with Gasteiger partial charge in [0, 0.05) is 22.4 Å². The van der Waals surface area contributed by atoms with Crippen molar-refractivity contribution in [2.24, 2.45) is 0 Å². The van der Waals surface area contributed by atoms with Gasteiger partial charge in [-0.25, -0.2) is 17.8 Å². The molecule has 152 valence electrons. The topological polar surface area (TPSA) is 76.1 Å². The molecule has 0 aliphatic carbocycles. The van der Waals surface area contributed by atoms with Crippen molar-refractivity contribution in [1.82, 2.24) is 4.98 Å². The van der Waals surface area contributed by atoms with Gasteiger partial charge < -0.3 is 5.32 Å². The molecule has 3 aromatic rings. The standard InChI is InChI=1S/C19H15Cl2FN2O3S2/c20-12-3-8-16(21)15(10-12)17-11-28-19(23-17)24-18(25)2-1-9-29(26,27)14-6-4-13(22)5-7-14/h3-8,10-11H,1-2,9H2,(H,23,24,25). The summed E-state index contributed by atoms with van der Waals surface area (Å²) in [4.78, 5) is 16.5. The number of benzene rings is 2. The van der Waals surface area contributed by atoms with Gasteiger partial charge in [-0.15, -0.1) is 11.3 Å². The van der Waals surface area contributed by atoms with E-state index in [1.807, 2.05) is 0 Å². The van der Waals surface area contributed by atoms with E-state index in [-0.39, 0.29) is 29.4 Å². The van der Waals surface area contributed by atoms with Crippen LogP contribution in [0.5, 0.6) is 0 Å². The number of rotatable bonds is 7. The van der Waals surface area contributed by atoms with Crippen molar-refractivity contribution in [1.29, 1.82) is 0 Å². The van der Waals surface area contributed by atoms with Crippen molar-refractivity contribution in [3.8, 4) is 11.3 Å². The van der Waals surface area contributed by atoms with Gasteiger partial charge in [0.15, 0.2) is 15.0 Å². The van der Waals surface area contributed by atoms with E-state index < -0.39 is 15.7 Å². The predicted molar refractivity (Wildman–Crippen MR) is 114 cm³/mol. The minimum atomic E-state index is -3.57. The summed E-state index contributed by atoms with van der Waals surface area (Å²) >= 11 is 13.4. The lowest BCUT2D eigenvalue weighted by Gasteiger charge is -2.05. The molecule has 0 saturated carbocycles. The normalized spacial score (nSPS) is 11.4. The predicted octanol–water partition coefficient (Wildman–Crippen LogP) is 5.45. The van der Waals surface area contributed by atoms with Gasteiger partial charge in [0.05, 0.1) is 21.4 Å². The van der Waals surface area contributed by atoms with Crippen LogP contribution in [-0.2, 0) is 14.6 Å². The van der Waals surface area contributed by atoms with E-state index in [2.05, 4.69) is 10.3 Å². The molecule has 10 heteroatoms. The molecule has 1 heterocycles. The number of hydrogen-bond acceptors (Lipinski definition) is 5. The Morgan fingerprint density at radius 3 is 2.59 bits per heavy atom. The number of nitrogens with zero attached hydrogens (tertiary/aromatic N) is 1. The molecule has 0 unspecified atom stereocenters. The Kier molecular flexibility index (Phi) is 6.89. The fraction of sp³-hybridized carbons (Fsp3) is 0.158. The Labute approximate surface area is 181 Å². The number of hydrogen-bond donors (Lipinski definition) is 1. The Morgan fingerprint density at radius 1 is 1.14 bits per heavy atom. The second-order valence-corrected chi connectivity index (χ2v) is 9.90. The van der Waals surface area contributed by atoms with Crippen molar-refractivity contribution in [3.05, 3.63) is 63.7 Å². The zero-order valence-corrected chi connectivity index (χ0v) is 18.0. The van der Waals surface area contributed by atoms with Crippen LogP contribution in [0.15, 0.2) is 52.7 Å². The summed E-state index contributed by atoms with van der Waals surface area (Å²) in [6.45, 7) is 0. The average molecular weight is 473 g/mol. The quantitative estimate of drug-likeness (QED) is 0.463. The third-order valence-electron chi connectivity index (χ3n) is 3.94. The Balaban J connectivity index is 1.56. The third-order valence-corrected chi connectivity index (χ3v) is 7.08. The molecule has 0 spiro atoms. The number of anilines is 1. The first-order chi connectivity index (χ1) is 13.7. The molecule has 0 bridgehead atoms. The minimum Gasteiger partial charge on any atom is -0.302 e. The van der Waals surface area contributed by atoms with Gasteiger partial charge in [0.25, 0.3) is 0 Å². The lowest BCUT2D eigenvalue weighted by atomic mass is 10.2. The summed E-state index contributed by atoms with van der Waals surface area (Å²) in [6, 6.07) is 9.62. The molecule has 0 saturated heterocycles. The summed E-state index contributed by atoms with van der Waals surface area (Å²) in [7, 11) is -3.57. The molecule has 0 fully saturated rings. The van der Waals surface area contributed by atoms with Gasteiger partial charge >= 0.3 is 0 Å². The summed E-state index contributed by atoms with van der Waals surface area (Å²) in [5, 5.41) is 5.78. The number of carbonyl (C=O) groups is 1. The van der Waals surface area contributed by atoms with Crippen LogP contribution >= 0.6 is 34.5 Å². The molecule has 0 aliphatic rings. The van der Waals surface area contributed by atoms with Crippen molar-refractivity contribution < 1.29 is 17.6 Å². The van der Waals surface area contributed by atoms with Crippen molar-refractivity contribution in [2.75, 3.05) is 11.1 Å². The van der Waals surface area contributed by atoms with Crippen LogP contribution in [0.2, 0.25) is 10.0 Å². The second-order valence-electron chi connectivity index (χ2n) is 6.09. The van der Waals surface area contributed by atoms with Crippen LogP contribution in [0.3, 0.4) is 0 Å². The molecule has 1 N–H and O–H groups in total. The first-order valence-corrected chi connectivity index (χ1v) is 11.7. The van der Waals surface area contributed by atoms with Gasteiger partial charge in [0.2, 0.25) is 5.91 Å². The molecule has 3 rings (SSSR count). The monoisotopic (exact) mass is 472 g/mol. The van der Waals surface area contributed by atoms with E-state index >= 15 is 0 Å². The highest BCUT2D eigenvalue weighted by molar-refractivity contribution is 7.91. The molecule has 1 aromatic heterocycles. The van der Waals surface area contributed by atoms with Gasteiger partial charge in [-0.2, -0.15) is 0 Å². The maximum absolute atomic E-state index is 12.9. The van der Waals surface area contributed by atoms with E-state index in [1.54, 1.807) is 23.6 Å². The summed E-state index contributed by atoms with van der Waals surface area (Å²) in [5.74, 6) is -1.07. The molecule has 5 nitrogen and oxygen atoms in total. The molecule has 0 radical (unpaired) electrons. The summed E-state index contributed by atoms with van der Waals surface area (Å²) in [6.07, 6.45) is 0.136. The van der Waals surface area contributed by atoms with E-state index in [1.165, 1.54) is 23.5 Å². The smallest absolute Gasteiger partial charge is 0.226 e. The molecule has 29 heavy (non-hydrogen) atoms. The first-order valence-electron chi connectivity index (χ1n) is 8.44. The minimum absolute atomic E-state index is 0.00720. The fourth-order valence-electron chi connectivity index (χ4n) is 2.51. The molecule has 2 aromatic carbocycles. The number of thiazole rings is 1. The van der Waals surface area contributed by atoms with Crippen LogP contribution in [0.1, 0.15) is 12.8 Å². The zero-order chi connectivity index (χ0) is 21.0. The first kappa shape index (κ1) is 21.7. The van der Waals surface area contributed by atoms with Crippen molar-refractivity contribution in [2.45, 2.75) is 17.7 Å². The number of sulfone groups is 1. The molecule has 0 aliphatic heterocycles.